The molecule has 0 bridgehead atoms. The smallest absolute Gasteiger partial charge is 0.119 e. The number of benzene rings is 2. The monoisotopic (exact) mass is 330 g/mol. The number of thioether (sulfide) groups is 1. The van der Waals surface area contributed by atoms with Gasteiger partial charge in [0.25, 0.3) is 0 Å². The highest BCUT2D eigenvalue weighted by Crippen LogP contribution is 2.29. The molecule has 2 nitrogen and oxygen atoms in total. The second kappa shape index (κ2) is 8.30. The van der Waals surface area contributed by atoms with Crippen LogP contribution in [0.1, 0.15) is 55.4 Å². The Kier molecular flexibility index (Phi) is 6.40. The van der Waals surface area contributed by atoms with Crippen LogP contribution in [0.4, 0.5) is 0 Å². The van der Waals surface area contributed by atoms with E-state index in [1.54, 1.807) is 11.8 Å². The number of phenolic OH excluding ortho intramolecular Hbond substituents is 2. The van der Waals surface area contributed by atoms with Crippen molar-refractivity contribution in [2.45, 2.75) is 51.0 Å². The molecule has 0 fully saturated rings. The number of rotatable bonds is 7. The highest BCUT2D eigenvalue weighted by molar-refractivity contribution is 7.97. The highest BCUT2D eigenvalue weighted by Gasteiger charge is 2.07. The summed E-state index contributed by atoms with van der Waals surface area (Å²) in [5, 5.41) is 20.1. The third kappa shape index (κ3) is 4.93. The minimum Gasteiger partial charge on any atom is -0.508 e. The summed E-state index contributed by atoms with van der Waals surface area (Å²) in [6.07, 6.45) is 1.96. The van der Waals surface area contributed by atoms with Gasteiger partial charge in [-0.1, -0.05) is 51.5 Å². The molecule has 0 aliphatic rings. The summed E-state index contributed by atoms with van der Waals surface area (Å²) >= 11 is 1.79. The second-order valence-electron chi connectivity index (χ2n) is 6.25. The van der Waals surface area contributed by atoms with Crippen molar-refractivity contribution < 1.29 is 10.2 Å². The first-order valence-electron chi connectivity index (χ1n) is 8.21. The van der Waals surface area contributed by atoms with E-state index in [1.165, 1.54) is 0 Å². The third-order valence-electron chi connectivity index (χ3n) is 3.92. The molecule has 23 heavy (non-hydrogen) atoms. The molecule has 0 aliphatic carbocycles. The quantitative estimate of drug-likeness (QED) is 0.693. The first-order valence-corrected chi connectivity index (χ1v) is 9.37. The molecule has 2 aromatic rings. The molecule has 3 heteroatoms. The van der Waals surface area contributed by atoms with Gasteiger partial charge in [-0.25, -0.2) is 0 Å². The van der Waals surface area contributed by atoms with Crippen molar-refractivity contribution in [1.82, 2.24) is 0 Å². The molecule has 2 N–H and O–H groups in total. The van der Waals surface area contributed by atoms with Gasteiger partial charge in [-0.2, -0.15) is 11.8 Å². The van der Waals surface area contributed by atoms with Gasteiger partial charge in [-0.15, -0.1) is 0 Å². The maximum absolute atomic E-state index is 10.1. The molecule has 0 heterocycles. The zero-order valence-corrected chi connectivity index (χ0v) is 15.0. The number of phenols is 2. The average Bonchev–Trinajstić information content (AvgIpc) is 2.50. The van der Waals surface area contributed by atoms with Crippen LogP contribution in [0.3, 0.4) is 0 Å². The highest BCUT2D eigenvalue weighted by atomic mass is 32.2. The number of hydrogen-bond donors (Lipinski definition) is 2. The lowest BCUT2D eigenvalue weighted by Gasteiger charge is -2.10. The van der Waals surface area contributed by atoms with Crippen LogP contribution in [-0.2, 0) is 17.9 Å². The summed E-state index contributed by atoms with van der Waals surface area (Å²) in [5.74, 6) is 2.83. The van der Waals surface area contributed by atoms with Gasteiger partial charge in [0.2, 0.25) is 0 Å². The predicted octanol–water partition coefficient (Wildman–Crippen LogP) is 5.61. The van der Waals surface area contributed by atoms with Crippen LogP contribution < -0.4 is 0 Å². The van der Waals surface area contributed by atoms with E-state index in [0.717, 1.165) is 46.6 Å². The van der Waals surface area contributed by atoms with Crippen molar-refractivity contribution in [2.75, 3.05) is 0 Å². The fourth-order valence-electron chi connectivity index (χ4n) is 2.63. The zero-order valence-electron chi connectivity index (χ0n) is 14.2. The van der Waals surface area contributed by atoms with Gasteiger partial charge in [0.05, 0.1) is 0 Å². The van der Waals surface area contributed by atoms with Gasteiger partial charge in [0, 0.05) is 11.5 Å². The van der Waals surface area contributed by atoms with Gasteiger partial charge in [0.15, 0.2) is 0 Å². The fraction of sp³-hybridized carbons (Fsp3) is 0.400. The van der Waals surface area contributed by atoms with E-state index in [9.17, 15) is 10.2 Å². The number of aryl methyl sites for hydroxylation is 1. The summed E-state index contributed by atoms with van der Waals surface area (Å²) in [7, 11) is 0. The molecular formula is C20H26O2S. The lowest BCUT2D eigenvalue weighted by Crippen LogP contribution is -1.91. The van der Waals surface area contributed by atoms with Gasteiger partial charge in [-0.05, 0) is 46.7 Å². The Morgan fingerprint density at radius 3 is 2.04 bits per heavy atom. The summed E-state index contributed by atoms with van der Waals surface area (Å²) < 4.78 is 0. The third-order valence-corrected chi connectivity index (χ3v) is 5.00. The van der Waals surface area contributed by atoms with Crippen molar-refractivity contribution >= 4 is 11.8 Å². The maximum atomic E-state index is 10.1. The van der Waals surface area contributed by atoms with Crippen LogP contribution >= 0.6 is 11.8 Å². The molecule has 0 spiro atoms. The Morgan fingerprint density at radius 1 is 0.913 bits per heavy atom. The predicted molar refractivity (Wildman–Crippen MR) is 99.3 cm³/mol. The van der Waals surface area contributed by atoms with Crippen LogP contribution in [0.15, 0.2) is 36.4 Å². The van der Waals surface area contributed by atoms with Crippen molar-refractivity contribution in [3.8, 4) is 11.5 Å². The minimum absolute atomic E-state index is 0.335. The standard InChI is InChI=1S/C20H26O2S/c1-4-5-17-8-6-15(10-19(17)21)12-23-13-16-7-9-18(14(2)3)20(22)11-16/h6-11,14,21-22H,4-5,12-13H2,1-3H3. The first kappa shape index (κ1) is 17.7. The van der Waals surface area contributed by atoms with Crippen molar-refractivity contribution in [3.05, 3.63) is 58.7 Å². The summed E-state index contributed by atoms with van der Waals surface area (Å²) in [5.41, 5.74) is 4.28. The normalized spacial score (nSPS) is 11.1. The minimum atomic E-state index is 0.335. The molecule has 0 saturated carbocycles. The van der Waals surface area contributed by atoms with Gasteiger partial charge in [0.1, 0.15) is 11.5 Å². The SMILES string of the molecule is CCCc1ccc(CSCc2ccc(C(C)C)c(O)c2)cc1O. The Morgan fingerprint density at radius 2 is 1.52 bits per heavy atom. The summed E-state index contributed by atoms with van der Waals surface area (Å²) in [4.78, 5) is 0. The molecule has 0 saturated heterocycles. The van der Waals surface area contributed by atoms with E-state index >= 15 is 0 Å². The van der Waals surface area contributed by atoms with E-state index in [0.29, 0.717) is 17.4 Å². The fourth-order valence-corrected chi connectivity index (χ4v) is 3.57. The molecule has 0 unspecified atom stereocenters. The van der Waals surface area contributed by atoms with Crippen LogP contribution in [0, 0.1) is 0 Å². The van der Waals surface area contributed by atoms with E-state index in [4.69, 9.17) is 0 Å². The van der Waals surface area contributed by atoms with Crippen LogP contribution in [0.5, 0.6) is 11.5 Å². The van der Waals surface area contributed by atoms with Crippen LogP contribution in [0.25, 0.3) is 0 Å². The maximum Gasteiger partial charge on any atom is 0.119 e. The topological polar surface area (TPSA) is 40.5 Å². The van der Waals surface area contributed by atoms with E-state index in [2.05, 4.69) is 32.9 Å². The second-order valence-corrected chi connectivity index (χ2v) is 7.24. The largest absolute Gasteiger partial charge is 0.508 e. The van der Waals surface area contributed by atoms with Gasteiger partial charge >= 0.3 is 0 Å². The average molecular weight is 330 g/mol. The zero-order chi connectivity index (χ0) is 16.8. The van der Waals surface area contributed by atoms with E-state index < -0.39 is 0 Å². The van der Waals surface area contributed by atoms with E-state index in [1.807, 2.05) is 24.3 Å². The van der Waals surface area contributed by atoms with Gasteiger partial charge < -0.3 is 10.2 Å². The van der Waals surface area contributed by atoms with Crippen molar-refractivity contribution in [2.24, 2.45) is 0 Å². The van der Waals surface area contributed by atoms with Crippen LogP contribution in [-0.4, -0.2) is 10.2 Å². The molecule has 0 aliphatic heterocycles. The molecule has 2 rings (SSSR count). The first-order chi connectivity index (χ1) is 11.0. The number of hydrogen-bond acceptors (Lipinski definition) is 3. The Hall–Kier alpha value is -1.61. The molecule has 0 atom stereocenters. The molecule has 0 aromatic heterocycles. The lowest BCUT2D eigenvalue weighted by atomic mass is 10.0. The summed E-state index contributed by atoms with van der Waals surface area (Å²) in [6, 6.07) is 12.0. The lowest BCUT2D eigenvalue weighted by molar-refractivity contribution is 0.464. The van der Waals surface area contributed by atoms with Crippen LogP contribution in [0.2, 0.25) is 0 Å². The Labute approximate surface area is 143 Å². The summed E-state index contributed by atoms with van der Waals surface area (Å²) in [6.45, 7) is 6.28. The van der Waals surface area contributed by atoms with Crippen molar-refractivity contribution in [3.63, 3.8) is 0 Å². The Balaban J connectivity index is 1.92. The molecule has 0 radical (unpaired) electrons. The molecule has 124 valence electrons. The van der Waals surface area contributed by atoms with Gasteiger partial charge in [-0.3, -0.25) is 0 Å². The number of aromatic hydroxyl groups is 2. The Bertz CT molecular complexity index is 650. The molecule has 0 amide bonds. The van der Waals surface area contributed by atoms with Crippen molar-refractivity contribution in [1.29, 1.82) is 0 Å². The molecular weight excluding hydrogens is 304 g/mol. The van der Waals surface area contributed by atoms with E-state index in [-0.39, 0.29) is 0 Å². The molecule has 2 aromatic carbocycles.